The highest BCUT2D eigenvalue weighted by molar-refractivity contribution is 6.30. The first-order valence-electron chi connectivity index (χ1n) is 10.5. The molecule has 0 bridgehead atoms. The summed E-state index contributed by atoms with van der Waals surface area (Å²) >= 11 is 6.11. The standard InChI is InChI=1S/C23H29ClN4O2/c1-30-22-8-3-2-7-21(22)27-11-9-25(10-12-27)18-23(29)28-15-13-26(14-16-28)20-6-4-5-19(24)17-20/h2-8,17H,9-16,18H2,1H3. The zero-order chi connectivity index (χ0) is 20.9. The van der Waals surface area contributed by atoms with Gasteiger partial charge in [0.25, 0.3) is 0 Å². The highest BCUT2D eigenvalue weighted by atomic mass is 35.5. The minimum Gasteiger partial charge on any atom is -0.495 e. The second-order valence-electron chi connectivity index (χ2n) is 7.78. The second-order valence-corrected chi connectivity index (χ2v) is 8.22. The van der Waals surface area contributed by atoms with Crippen LogP contribution in [0.25, 0.3) is 0 Å². The molecule has 0 N–H and O–H groups in total. The Hall–Kier alpha value is -2.44. The fourth-order valence-electron chi connectivity index (χ4n) is 4.22. The van der Waals surface area contributed by atoms with Crippen molar-refractivity contribution >= 4 is 28.9 Å². The molecular weight excluding hydrogens is 400 g/mol. The van der Waals surface area contributed by atoms with Gasteiger partial charge in [0.1, 0.15) is 5.75 Å². The molecule has 1 amide bonds. The Morgan fingerprint density at radius 3 is 2.30 bits per heavy atom. The van der Waals surface area contributed by atoms with Gasteiger partial charge in [0.2, 0.25) is 5.91 Å². The zero-order valence-electron chi connectivity index (χ0n) is 17.5. The van der Waals surface area contributed by atoms with Crippen LogP contribution < -0.4 is 14.5 Å². The number of benzene rings is 2. The van der Waals surface area contributed by atoms with E-state index in [4.69, 9.17) is 16.3 Å². The predicted molar refractivity (Wildman–Crippen MR) is 122 cm³/mol. The van der Waals surface area contributed by atoms with Crippen molar-refractivity contribution in [3.8, 4) is 5.75 Å². The predicted octanol–water partition coefficient (Wildman–Crippen LogP) is 2.82. The maximum absolute atomic E-state index is 12.8. The number of carbonyl (C=O) groups is 1. The molecule has 0 aromatic heterocycles. The highest BCUT2D eigenvalue weighted by Gasteiger charge is 2.25. The molecule has 2 aliphatic heterocycles. The topological polar surface area (TPSA) is 39.3 Å². The third-order valence-corrected chi connectivity index (χ3v) is 6.20. The molecule has 7 heteroatoms. The van der Waals surface area contributed by atoms with Crippen LogP contribution in [0, 0.1) is 0 Å². The fraction of sp³-hybridized carbons (Fsp3) is 0.435. The van der Waals surface area contributed by atoms with Crippen LogP contribution >= 0.6 is 11.6 Å². The summed E-state index contributed by atoms with van der Waals surface area (Å²) in [5.74, 6) is 1.13. The van der Waals surface area contributed by atoms with E-state index in [0.717, 1.165) is 74.5 Å². The number of nitrogens with zero attached hydrogens (tertiary/aromatic N) is 4. The molecule has 0 unspecified atom stereocenters. The van der Waals surface area contributed by atoms with Crippen LogP contribution in [-0.4, -0.2) is 81.7 Å². The normalized spacial score (nSPS) is 17.9. The van der Waals surface area contributed by atoms with E-state index < -0.39 is 0 Å². The molecule has 0 spiro atoms. The lowest BCUT2D eigenvalue weighted by Crippen LogP contribution is -2.54. The van der Waals surface area contributed by atoms with E-state index in [2.05, 4.69) is 26.8 Å². The minimum absolute atomic E-state index is 0.228. The summed E-state index contributed by atoms with van der Waals surface area (Å²) in [6.07, 6.45) is 0. The molecule has 0 aliphatic carbocycles. The van der Waals surface area contributed by atoms with E-state index in [9.17, 15) is 4.79 Å². The van der Waals surface area contributed by atoms with Gasteiger partial charge in [-0.05, 0) is 30.3 Å². The molecule has 160 valence electrons. The number of rotatable bonds is 5. The lowest BCUT2D eigenvalue weighted by atomic mass is 10.2. The van der Waals surface area contributed by atoms with E-state index in [1.165, 1.54) is 0 Å². The molecule has 2 saturated heterocycles. The number of carbonyl (C=O) groups excluding carboxylic acids is 1. The maximum atomic E-state index is 12.8. The first kappa shape index (κ1) is 20.8. The number of hydrogen-bond acceptors (Lipinski definition) is 5. The summed E-state index contributed by atoms with van der Waals surface area (Å²) in [5.41, 5.74) is 2.25. The maximum Gasteiger partial charge on any atom is 0.236 e. The van der Waals surface area contributed by atoms with Crippen LogP contribution in [0.1, 0.15) is 0 Å². The van der Waals surface area contributed by atoms with Gasteiger partial charge in [0, 0.05) is 63.1 Å². The van der Waals surface area contributed by atoms with E-state index in [-0.39, 0.29) is 5.91 Å². The number of ether oxygens (including phenoxy) is 1. The molecule has 30 heavy (non-hydrogen) atoms. The molecular formula is C23H29ClN4O2. The average Bonchev–Trinajstić information content (AvgIpc) is 2.79. The van der Waals surface area contributed by atoms with E-state index >= 15 is 0 Å². The number of amides is 1. The lowest BCUT2D eigenvalue weighted by molar-refractivity contribution is -0.132. The van der Waals surface area contributed by atoms with E-state index in [0.29, 0.717) is 6.54 Å². The molecule has 0 saturated carbocycles. The van der Waals surface area contributed by atoms with Gasteiger partial charge in [-0.2, -0.15) is 0 Å². The smallest absolute Gasteiger partial charge is 0.236 e. The van der Waals surface area contributed by atoms with Crippen LogP contribution in [0.2, 0.25) is 5.02 Å². The largest absolute Gasteiger partial charge is 0.495 e. The molecule has 6 nitrogen and oxygen atoms in total. The van der Waals surface area contributed by atoms with Crippen LogP contribution in [-0.2, 0) is 4.79 Å². The number of anilines is 2. The van der Waals surface area contributed by atoms with Gasteiger partial charge in [-0.25, -0.2) is 0 Å². The third kappa shape index (κ3) is 4.82. The van der Waals surface area contributed by atoms with Crippen molar-refractivity contribution in [2.45, 2.75) is 0 Å². The molecule has 2 aromatic rings. The summed E-state index contributed by atoms with van der Waals surface area (Å²) in [6, 6.07) is 16.0. The summed E-state index contributed by atoms with van der Waals surface area (Å²) in [5, 5.41) is 0.748. The molecule has 2 aliphatic rings. The van der Waals surface area contributed by atoms with Crippen molar-refractivity contribution in [2.24, 2.45) is 0 Å². The van der Waals surface area contributed by atoms with Crippen molar-refractivity contribution in [2.75, 3.05) is 75.8 Å². The third-order valence-electron chi connectivity index (χ3n) is 5.96. The zero-order valence-corrected chi connectivity index (χ0v) is 18.2. The number of piperazine rings is 2. The molecule has 2 aromatic carbocycles. The lowest BCUT2D eigenvalue weighted by Gasteiger charge is -2.39. The number of halogens is 1. The fourth-order valence-corrected chi connectivity index (χ4v) is 4.40. The Bertz CT molecular complexity index is 862. The Balaban J connectivity index is 1.25. The van der Waals surface area contributed by atoms with Crippen LogP contribution in [0.4, 0.5) is 11.4 Å². The molecule has 0 atom stereocenters. The van der Waals surface area contributed by atoms with E-state index in [1.54, 1.807) is 7.11 Å². The molecule has 4 rings (SSSR count). The van der Waals surface area contributed by atoms with Crippen molar-refractivity contribution in [3.05, 3.63) is 53.6 Å². The van der Waals surface area contributed by atoms with Gasteiger partial charge in [0.15, 0.2) is 0 Å². The SMILES string of the molecule is COc1ccccc1N1CCN(CC(=O)N2CCN(c3cccc(Cl)c3)CC2)CC1. The summed E-state index contributed by atoms with van der Waals surface area (Å²) in [4.78, 5) is 21.7. The van der Waals surface area contributed by atoms with Gasteiger partial charge in [0.05, 0.1) is 19.3 Å². The monoisotopic (exact) mass is 428 g/mol. The van der Waals surface area contributed by atoms with Gasteiger partial charge >= 0.3 is 0 Å². The van der Waals surface area contributed by atoms with Crippen molar-refractivity contribution in [1.29, 1.82) is 0 Å². The summed E-state index contributed by atoms with van der Waals surface area (Å²) in [7, 11) is 1.71. The van der Waals surface area contributed by atoms with Gasteiger partial charge in [-0.1, -0.05) is 29.8 Å². The van der Waals surface area contributed by atoms with Crippen molar-refractivity contribution in [1.82, 2.24) is 9.80 Å². The van der Waals surface area contributed by atoms with Gasteiger partial charge in [-0.3, -0.25) is 9.69 Å². The molecule has 2 heterocycles. The van der Waals surface area contributed by atoms with Crippen LogP contribution in [0.3, 0.4) is 0 Å². The Morgan fingerprint density at radius 1 is 0.900 bits per heavy atom. The van der Waals surface area contributed by atoms with Gasteiger partial charge < -0.3 is 19.4 Å². The van der Waals surface area contributed by atoms with Crippen molar-refractivity contribution in [3.63, 3.8) is 0 Å². The quantitative estimate of drug-likeness (QED) is 0.732. The minimum atomic E-state index is 0.228. The highest BCUT2D eigenvalue weighted by Crippen LogP contribution is 2.28. The average molecular weight is 429 g/mol. The number of methoxy groups -OCH3 is 1. The Labute approximate surface area is 183 Å². The summed E-state index contributed by atoms with van der Waals surface area (Å²) in [6.45, 7) is 7.25. The number of para-hydroxylation sites is 2. The second kappa shape index (κ2) is 9.58. The molecule has 0 radical (unpaired) electrons. The Morgan fingerprint density at radius 2 is 1.60 bits per heavy atom. The summed E-state index contributed by atoms with van der Waals surface area (Å²) < 4.78 is 5.49. The number of hydrogen-bond donors (Lipinski definition) is 0. The van der Waals surface area contributed by atoms with Crippen molar-refractivity contribution < 1.29 is 9.53 Å². The first-order chi connectivity index (χ1) is 14.6. The first-order valence-corrected chi connectivity index (χ1v) is 10.9. The van der Waals surface area contributed by atoms with Crippen LogP contribution in [0.15, 0.2) is 48.5 Å². The molecule has 2 fully saturated rings. The van der Waals surface area contributed by atoms with E-state index in [1.807, 2.05) is 41.3 Å². The van der Waals surface area contributed by atoms with Gasteiger partial charge in [-0.15, -0.1) is 0 Å². The van der Waals surface area contributed by atoms with Crippen LogP contribution in [0.5, 0.6) is 5.75 Å². The Kier molecular flexibility index (Phi) is 6.65.